The van der Waals surface area contributed by atoms with E-state index in [0.29, 0.717) is 13.0 Å². The van der Waals surface area contributed by atoms with Crippen molar-refractivity contribution in [1.82, 2.24) is 4.90 Å². The van der Waals surface area contributed by atoms with Crippen molar-refractivity contribution in [3.63, 3.8) is 0 Å². The molecular weight excluding hydrogens is 326 g/mol. The van der Waals surface area contributed by atoms with E-state index >= 15 is 0 Å². The maximum atomic E-state index is 11.5. The van der Waals surface area contributed by atoms with Crippen molar-refractivity contribution < 1.29 is 14.9 Å². The Morgan fingerprint density at radius 3 is 2.58 bits per heavy atom. The third-order valence-electron chi connectivity index (χ3n) is 5.33. The van der Waals surface area contributed by atoms with Crippen LogP contribution in [0.25, 0.3) is 0 Å². The van der Waals surface area contributed by atoms with E-state index in [1.54, 1.807) is 18.2 Å². The summed E-state index contributed by atoms with van der Waals surface area (Å²) in [5, 5.41) is 21.3. The predicted octanol–water partition coefficient (Wildman–Crippen LogP) is 3.53. The largest absolute Gasteiger partial charge is 0.508 e. The van der Waals surface area contributed by atoms with Crippen LogP contribution in [0.15, 0.2) is 54.6 Å². The topological polar surface area (TPSA) is 52.9 Å². The van der Waals surface area contributed by atoms with E-state index in [1.807, 2.05) is 38.4 Å². The monoisotopic (exact) mass is 355 g/mol. The molecule has 0 aliphatic heterocycles. The Balaban J connectivity index is 1.72. The van der Waals surface area contributed by atoms with Gasteiger partial charge in [0.2, 0.25) is 0 Å². The second kappa shape index (κ2) is 8.21. The quantitative estimate of drug-likeness (QED) is 0.832. The number of hydrogen-bond acceptors (Lipinski definition) is 4. The lowest BCUT2D eigenvalue weighted by atomic mass is 9.70. The number of aliphatic hydroxyl groups is 1. The molecular formula is C22H29NO3. The second-order valence-corrected chi connectivity index (χ2v) is 7.63. The van der Waals surface area contributed by atoms with Gasteiger partial charge in [0.05, 0.1) is 18.3 Å². The molecule has 2 aromatic carbocycles. The average Bonchev–Trinajstić information content (AvgIpc) is 2.63. The lowest BCUT2D eigenvalue weighted by molar-refractivity contribution is -0.110. The molecule has 3 rings (SSSR count). The normalized spacial score (nSPS) is 26.2. The molecule has 0 aromatic heterocycles. The SMILES string of the molecule is CN(C)C[C@H]1C[C@@H](OCc2ccccc2)CC[C@]1(O)c1cccc(O)c1. The zero-order chi connectivity index (χ0) is 18.6. The fourth-order valence-corrected chi connectivity index (χ4v) is 3.98. The number of phenols is 1. The van der Waals surface area contributed by atoms with E-state index in [1.165, 1.54) is 5.56 Å². The number of rotatable bonds is 6. The molecule has 1 saturated carbocycles. The first-order chi connectivity index (χ1) is 12.5. The van der Waals surface area contributed by atoms with Gasteiger partial charge in [-0.05, 0) is 56.6 Å². The number of ether oxygens (including phenoxy) is 1. The molecule has 4 nitrogen and oxygen atoms in total. The summed E-state index contributed by atoms with van der Waals surface area (Å²) in [7, 11) is 4.05. The Morgan fingerprint density at radius 2 is 1.88 bits per heavy atom. The third kappa shape index (κ3) is 4.44. The van der Waals surface area contributed by atoms with Gasteiger partial charge in [-0.3, -0.25) is 0 Å². The van der Waals surface area contributed by atoms with Gasteiger partial charge in [0.25, 0.3) is 0 Å². The van der Waals surface area contributed by atoms with E-state index in [4.69, 9.17) is 4.74 Å². The molecule has 1 aliphatic carbocycles. The van der Waals surface area contributed by atoms with Gasteiger partial charge < -0.3 is 19.8 Å². The fourth-order valence-electron chi connectivity index (χ4n) is 3.98. The van der Waals surface area contributed by atoms with E-state index in [2.05, 4.69) is 17.0 Å². The van der Waals surface area contributed by atoms with Crippen molar-refractivity contribution in [2.24, 2.45) is 5.92 Å². The zero-order valence-electron chi connectivity index (χ0n) is 15.6. The van der Waals surface area contributed by atoms with Crippen molar-refractivity contribution in [3.05, 3.63) is 65.7 Å². The molecule has 4 heteroatoms. The van der Waals surface area contributed by atoms with Gasteiger partial charge >= 0.3 is 0 Å². The van der Waals surface area contributed by atoms with Crippen molar-refractivity contribution in [1.29, 1.82) is 0 Å². The Labute approximate surface area is 156 Å². The number of aromatic hydroxyl groups is 1. The lowest BCUT2D eigenvalue weighted by Crippen LogP contribution is -2.46. The van der Waals surface area contributed by atoms with E-state index in [9.17, 15) is 10.2 Å². The maximum absolute atomic E-state index is 11.5. The Morgan fingerprint density at radius 1 is 1.12 bits per heavy atom. The van der Waals surface area contributed by atoms with Crippen LogP contribution in [0, 0.1) is 5.92 Å². The van der Waals surface area contributed by atoms with Crippen LogP contribution >= 0.6 is 0 Å². The minimum absolute atomic E-state index is 0.0498. The van der Waals surface area contributed by atoms with Gasteiger partial charge in [0, 0.05) is 12.5 Å². The first-order valence-electron chi connectivity index (χ1n) is 9.29. The third-order valence-corrected chi connectivity index (χ3v) is 5.33. The van der Waals surface area contributed by atoms with Crippen LogP contribution in [0.4, 0.5) is 0 Å². The minimum atomic E-state index is -0.935. The summed E-state index contributed by atoms with van der Waals surface area (Å²) in [5.41, 5.74) is 1.03. The highest BCUT2D eigenvalue weighted by Crippen LogP contribution is 2.43. The molecule has 0 saturated heterocycles. The van der Waals surface area contributed by atoms with Crippen LogP contribution in [-0.4, -0.2) is 41.9 Å². The first kappa shape index (κ1) is 18.9. The Hall–Kier alpha value is -1.88. The van der Waals surface area contributed by atoms with Gasteiger partial charge in [-0.1, -0.05) is 42.5 Å². The molecule has 2 N–H and O–H groups in total. The zero-order valence-corrected chi connectivity index (χ0v) is 15.6. The van der Waals surface area contributed by atoms with Crippen molar-refractivity contribution >= 4 is 0 Å². The van der Waals surface area contributed by atoms with Crippen LogP contribution in [0.3, 0.4) is 0 Å². The Kier molecular flexibility index (Phi) is 5.97. The molecule has 1 aliphatic rings. The maximum Gasteiger partial charge on any atom is 0.115 e. The summed E-state index contributed by atoms with van der Waals surface area (Å²) in [6, 6.07) is 17.2. The van der Waals surface area contributed by atoms with Gasteiger partial charge in [-0.15, -0.1) is 0 Å². The molecule has 0 amide bonds. The standard InChI is InChI=1S/C22H29NO3/c1-23(2)15-19-14-21(26-16-17-7-4-3-5-8-17)11-12-22(19,25)18-9-6-10-20(24)13-18/h3-10,13,19,21,24-25H,11-12,14-16H2,1-2H3/t19-,21+,22+/m1/s1. The molecule has 0 heterocycles. The van der Waals surface area contributed by atoms with Crippen molar-refractivity contribution in [3.8, 4) is 5.75 Å². The number of hydrogen-bond donors (Lipinski definition) is 2. The number of benzene rings is 2. The molecule has 1 fully saturated rings. The number of nitrogens with zero attached hydrogens (tertiary/aromatic N) is 1. The summed E-state index contributed by atoms with van der Waals surface area (Å²) in [6.07, 6.45) is 2.38. The first-order valence-corrected chi connectivity index (χ1v) is 9.29. The summed E-state index contributed by atoms with van der Waals surface area (Å²) in [4.78, 5) is 2.11. The molecule has 0 unspecified atom stereocenters. The van der Waals surface area contributed by atoms with Crippen molar-refractivity contribution in [2.45, 2.75) is 37.6 Å². The molecule has 2 aromatic rings. The van der Waals surface area contributed by atoms with Crippen molar-refractivity contribution in [2.75, 3.05) is 20.6 Å². The van der Waals surface area contributed by atoms with E-state index in [-0.39, 0.29) is 17.8 Å². The predicted molar refractivity (Wildman–Crippen MR) is 103 cm³/mol. The Bertz CT molecular complexity index is 704. The van der Waals surface area contributed by atoms with Crippen LogP contribution in [0.1, 0.15) is 30.4 Å². The molecule has 0 spiro atoms. The summed E-state index contributed by atoms with van der Waals surface area (Å²) >= 11 is 0. The smallest absolute Gasteiger partial charge is 0.115 e. The van der Waals surface area contributed by atoms with Gasteiger partial charge in [-0.25, -0.2) is 0 Å². The highest BCUT2D eigenvalue weighted by molar-refractivity contribution is 5.32. The van der Waals surface area contributed by atoms with E-state index < -0.39 is 5.60 Å². The van der Waals surface area contributed by atoms with Crippen LogP contribution in [0.2, 0.25) is 0 Å². The van der Waals surface area contributed by atoms with Gasteiger partial charge in [-0.2, -0.15) is 0 Å². The number of phenolic OH excluding ortho intramolecular Hbond substituents is 1. The molecule has 3 atom stereocenters. The molecule has 26 heavy (non-hydrogen) atoms. The van der Waals surface area contributed by atoms with Crippen LogP contribution < -0.4 is 0 Å². The summed E-state index contributed by atoms with van der Waals surface area (Å²) in [6.45, 7) is 1.38. The summed E-state index contributed by atoms with van der Waals surface area (Å²) in [5.74, 6) is 0.246. The highest BCUT2D eigenvalue weighted by atomic mass is 16.5. The molecule has 0 bridgehead atoms. The lowest BCUT2D eigenvalue weighted by Gasteiger charge is -2.44. The second-order valence-electron chi connectivity index (χ2n) is 7.63. The van der Waals surface area contributed by atoms with Gasteiger partial charge in [0.15, 0.2) is 0 Å². The molecule has 0 radical (unpaired) electrons. The van der Waals surface area contributed by atoms with E-state index in [0.717, 1.165) is 24.9 Å². The minimum Gasteiger partial charge on any atom is -0.508 e. The van der Waals surface area contributed by atoms with Crippen LogP contribution in [-0.2, 0) is 16.9 Å². The molecule has 140 valence electrons. The average molecular weight is 355 g/mol. The highest BCUT2D eigenvalue weighted by Gasteiger charge is 2.44. The van der Waals surface area contributed by atoms with Crippen LogP contribution in [0.5, 0.6) is 5.75 Å². The fraction of sp³-hybridized carbons (Fsp3) is 0.455. The van der Waals surface area contributed by atoms with Gasteiger partial charge in [0.1, 0.15) is 5.75 Å². The summed E-state index contributed by atoms with van der Waals surface area (Å²) < 4.78 is 6.15.